The second kappa shape index (κ2) is 9.56. The number of carbonyl (C=O) groups excluding carboxylic acids is 1. The van der Waals surface area contributed by atoms with Crippen molar-refractivity contribution in [2.24, 2.45) is 0 Å². The van der Waals surface area contributed by atoms with Crippen LogP contribution in [0.4, 0.5) is 0 Å². The van der Waals surface area contributed by atoms with Crippen LogP contribution in [0.2, 0.25) is 5.02 Å². The largest absolute Gasteiger partial charge is 0.487 e. The van der Waals surface area contributed by atoms with Crippen LogP contribution < -0.4 is 9.47 Å². The van der Waals surface area contributed by atoms with Crippen molar-refractivity contribution in [2.45, 2.75) is 37.3 Å². The summed E-state index contributed by atoms with van der Waals surface area (Å²) in [5.74, 6) is 1.56. The van der Waals surface area contributed by atoms with E-state index in [1.165, 1.54) is 0 Å². The van der Waals surface area contributed by atoms with Gasteiger partial charge >= 0.3 is 0 Å². The maximum atomic E-state index is 13.9. The van der Waals surface area contributed by atoms with Gasteiger partial charge in [0.2, 0.25) is 5.91 Å². The zero-order valence-corrected chi connectivity index (χ0v) is 22.4. The van der Waals surface area contributed by atoms with Gasteiger partial charge in [0, 0.05) is 29.1 Å². The maximum absolute atomic E-state index is 13.9. The Morgan fingerprint density at radius 3 is 2.71 bits per heavy atom. The summed E-state index contributed by atoms with van der Waals surface area (Å²) >= 11 is 7.77. The minimum Gasteiger partial charge on any atom is -0.487 e. The van der Waals surface area contributed by atoms with E-state index >= 15 is 0 Å². The number of amides is 1. The molecular formula is C30H27ClN2O4S. The molecule has 1 saturated heterocycles. The molecule has 3 aliphatic rings. The van der Waals surface area contributed by atoms with E-state index in [2.05, 4.69) is 12.1 Å². The Balaban J connectivity index is 1.26. The lowest BCUT2D eigenvalue weighted by molar-refractivity contribution is -0.134. The van der Waals surface area contributed by atoms with Gasteiger partial charge in [0.1, 0.15) is 17.7 Å². The predicted molar refractivity (Wildman–Crippen MR) is 148 cm³/mol. The first-order valence-electron chi connectivity index (χ1n) is 13.0. The Morgan fingerprint density at radius 2 is 1.95 bits per heavy atom. The summed E-state index contributed by atoms with van der Waals surface area (Å²) in [5, 5.41) is 1.60. The first kappa shape index (κ1) is 23.9. The van der Waals surface area contributed by atoms with Crippen molar-refractivity contribution < 1.29 is 19.0 Å². The highest BCUT2D eigenvalue weighted by atomic mass is 35.5. The summed E-state index contributed by atoms with van der Waals surface area (Å²) in [4.78, 5) is 20.8. The van der Waals surface area contributed by atoms with E-state index in [-0.39, 0.29) is 12.0 Å². The summed E-state index contributed by atoms with van der Waals surface area (Å²) in [6, 6.07) is 20.0. The Labute approximate surface area is 230 Å². The number of para-hydroxylation sites is 1. The third-order valence-corrected chi connectivity index (χ3v) is 9.00. The van der Waals surface area contributed by atoms with Gasteiger partial charge in [-0.3, -0.25) is 4.79 Å². The predicted octanol–water partition coefficient (Wildman–Crippen LogP) is 6.24. The quantitative estimate of drug-likeness (QED) is 0.297. The summed E-state index contributed by atoms with van der Waals surface area (Å²) in [5.41, 5.74) is 3.44. The number of aromatic nitrogens is 1. The van der Waals surface area contributed by atoms with Gasteiger partial charge in [-0.2, -0.15) is 0 Å². The van der Waals surface area contributed by atoms with E-state index in [1.54, 1.807) is 11.3 Å². The van der Waals surface area contributed by atoms with Crippen LogP contribution in [0.3, 0.4) is 0 Å². The summed E-state index contributed by atoms with van der Waals surface area (Å²) in [6.07, 6.45) is 2.52. The van der Waals surface area contributed by atoms with E-state index < -0.39 is 5.41 Å². The molecule has 4 aromatic rings. The van der Waals surface area contributed by atoms with Crippen molar-refractivity contribution in [2.75, 3.05) is 26.4 Å². The van der Waals surface area contributed by atoms with Crippen molar-refractivity contribution in [3.05, 3.63) is 76.8 Å². The molecule has 194 valence electrons. The van der Waals surface area contributed by atoms with Crippen LogP contribution in [0, 0.1) is 0 Å². The van der Waals surface area contributed by atoms with Crippen LogP contribution in [0.25, 0.3) is 20.8 Å². The molecule has 7 rings (SSSR count). The van der Waals surface area contributed by atoms with Crippen molar-refractivity contribution in [3.63, 3.8) is 0 Å². The standard InChI is InChI=1S/C30H27ClN2O4S/c31-22-7-5-21(6-8-22)30(10-11-30)29(34)33-12-14-36-27-20(17-33)15-19(16-25(27)37-23-9-13-35-18-23)28-32-24-3-1-2-4-26(24)38-28/h1-8,15-16,23H,9-14,17-18H2/t23-/m0/s1. The van der Waals surface area contributed by atoms with E-state index in [0.717, 1.165) is 51.2 Å². The lowest BCUT2D eigenvalue weighted by Gasteiger charge is -2.26. The lowest BCUT2D eigenvalue weighted by atomic mass is 9.94. The number of nitrogens with zero attached hydrogens (tertiary/aromatic N) is 2. The SMILES string of the molecule is O=C(N1CCOc2c(cc(-c3nc4ccccc4s3)cc2O[C@H]2CCOC2)C1)C1(c2ccc(Cl)cc2)CC1. The van der Waals surface area contributed by atoms with Gasteiger partial charge in [-0.1, -0.05) is 35.9 Å². The van der Waals surface area contributed by atoms with Gasteiger partial charge in [-0.15, -0.1) is 11.3 Å². The van der Waals surface area contributed by atoms with Gasteiger partial charge in [0.05, 0.1) is 35.4 Å². The number of thiazole rings is 1. The molecule has 1 aliphatic carbocycles. The molecule has 2 fully saturated rings. The molecule has 1 amide bonds. The van der Waals surface area contributed by atoms with Crippen molar-refractivity contribution in [3.8, 4) is 22.1 Å². The molecule has 0 radical (unpaired) electrons. The van der Waals surface area contributed by atoms with Crippen LogP contribution in [-0.4, -0.2) is 48.3 Å². The fraction of sp³-hybridized carbons (Fsp3) is 0.333. The van der Waals surface area contributed by atoms with Crippen LogP contribution in [0.1, 0.15) is 30.4 Å². The topological polar surface area (TPSA) is 60.9 Å². The van der Waals surface area contributed by atoms with Crippen molar-refractivity contribution in [1.29, 1.82) is 0 Å². The monoisotopic (exact) mass is 546 g/mol. The molecule has 3 heterocycles. The van der Waals surface area contributed by atoms with Crippen LogP contribution in [-0.2, 0) is 21.5 Å². The van der Waals surface area contributed by atoms with Gasteiger partial charge in [-0.25, -0.2) is 4.98 Å². The zero-order chi connectivity index (χ0) is 25.7. The second-order valence-electron chi connectivity index (χ2n) is 10.2. The Hall–Kier alpha value is -3.13. The van der Waals surface area contributed by atoms with E-state index in [1.807, 2.05) is 53.4 Å². The van der Waals surface area contributed by atoms with Crippen LogP contribution in [0.5, 0.6) is 11.5 Å². The molecule has 6 nitrogen and oxygen atoms in total. The Kier molecular flexibility index (Phi) is 6.02. The molecule has 1 atom stereocenters. The molecule has 2 aliphatic heterocycles. The molecule has 0 N–H and O–H groups in total. The number of hydrogen-bond acceptors (Lipinski definition) is 6. The summed E-state index contributed by atoms with van der Waals surface area (Å²) < 4.78 is 19.4. The first-order chi connectivity index (χ1) is 18.6. The third-order valence-electron chi connectivity index (χ3n) is 7.67. The minimum atomic E-state index is -0.472. The number of benzene rings is 3. The smallest absolute Gasteiger partial charge is 0.233 e. The molecule has 38 heavy (non-hydrogen) atoms. The Bertz CT molecular complexity index is 1480. The van der Waals surface area contributed by atoms with E-state index in [4.69, 9.17) is 30.8 Å². The molecule has 1 saturated carbocycles. The average molecular weight is 547 g/mol. The maximum Gasteiger partial charge on any atom is 0.233 e. The van der Waals surface area contributed by atoms with Crippen molar-refractivity contribution in [1.82, 2.24) is 9.88 Å². The van der Waals surface area contributed by atoms with Crippen molar-refractivity contribution >= 4 is 39.1 Å². The zero-order valence-electron chi connectivity index (χ0n) is 20.8. The summed E-state index contributed by atoms with van der Waals surface area (Å²) in [7, 11) is 0. The molecule has 8 heteroatoms. The highest BCUT2D eigenvalue weighted by Gasteiger charge is 2.53. The number of halogens is 1. The van der Waals surface area contributed by atoms with Crippen LogP contribution >= 0.6 is 22.9 Å². The number of carbonyl (C=O) groups is 1. The third kappa shape index (κ3) is 4.32. The summed E-state index contributed by atoms with van der Waals surface area (Å²) in [6.45, 7) is 2.65. The second-order valence-corrected chi connectivity index (χ2v) is 11.7. The first-order valence-corrected chi connectivity index (χ1v) is 14.2. The van der Waals surface area contributed by atoms with E-state index in [9.17, 15) is 4.79 Å². The number of fused-ring (bicyclic) bond motifs is 2. The minimum absolute atomic E-state index is 0.0195. The van der Waals surface area contributed by atoms with Gasteiger partial charge < -0.3 is 19.1 Å². The number of rotatable bonds is 5. The average Bonchev–Trinajstić information content (AvgIpc) is 3.45. The molecule has 0 unspecified atom stereocenters. The molecule has 0 spiro atoms. The van der Waals surface area contributed by atoms with E-state index in [0.29, 0.717) is 49.4 Å². The normalized spacial score (nSPS) is 20.0. The number of hydrogen-bond donors (Lipinski definition) is 0. The van der Waals surface area contributed by atoms with Gasteiger partial charge in [0.25, 0.3) is 0 Å². The highest BCUT2D eigenvalue weighted by molar-refractivity contribution is 7.21. The van der Waals surface area contributed by atoms with Gasteiger partial charge in [-0.05, 0) is 54.8 Å². The fourth-order valence-corrected chi connectivity index (χ4v) is 6.55. The lowest BCUT2D eigenvalue weighted by Crippen LogP contribution is -2.40. The fourth-order valence-electron chi connectivity index (χ4n) is 5.47. The Morgan fingerprint density at radius 1 is 1.11 bits per heavy atom. The molecule has 1 aromatic heterocycles. The van der Waals surface area contributed by atoms with Crippen LogP contribution in [0.15, 0.2) is 60.7 Å². The molecular weight excluding hydrogens is 520 g/mol. The number of ether oxygens (including phenoxy) is 3. The molecule has 3 aromatic carbocycles. The highest BCUT2D eigenvalue weighted by Crippen LogP contribution is 2.50. The molecule has 0 bridgehead atoms. The van der Waals surface area contributed by atoms with Gasteiger partial charge in [0.15, 0.2) is 11.5 Å².